The van der Waals surface area contributed by atoms with Gasteiger partial charge < -0.3 is 14.6 Å². The Kier molecular flexibility index (Phi) is 4.14. The van der Waals surface area contributed by atoms with Crippen molar-refractivity contribution in [3.05, 3.63) is 58.8 Å². The zero-order valence-corrected chi connectivity index (χ0v) is 10.8. The fourth-order valence-corrected chi connectivity index (χ4v) is 1.66. The topological polar surface area (TPSA) is 60.3 Å². The average Bonchev–Trinajstić information content (AvgIpc) is 2.43. The fourth-order valence-electron chi connectivity index (χ4n) is 1.66. The molecule has 104 valence electrons. The van der Waals surface area contributed by atoms with Gasteiger partial charge >= 0.3 is 0 Å². The Morgan fingerprint density at radius 3 is 2.60 bits per heavy atom. The molecule has 0 bridgehead atoms. The minimum absolute atomic E-state index is 0.247. The van der Waals surface area contributed by atoms with E-state index in [9.17, 15) is 14.0 Å². The lowest BCUT2D eigenvalue weighted by molar-refractivity contribution is -0.116. The van der Waals surface area contributed by atoms with Crippen molar-refractivity contribution in [3.8, 4) is 5.75 Å². The van der Waals surface area contributed by atoms with Gasteiger partial charge in [0.2, 0.25) is 5.91 Å². The number of methoxy groups -OCH3 is 1. The minimum Gasteiger partial charge on any atom is -0.497 e. The molecule has 0 spiro atoms. The van der Waals surface area contributed by atoms with E-state index in [0.717, 1.165) is 22.9 Å². The fraction of sp³-hybridized carbons (Fsp3) is 0.143. The van der Waals surface area contributed by atoms with Crippen molar-refractivity contribution in [3.63, 3.8) is 0 Å². The monoisotopic (exact) mass is 276 g/mol. The number of halogens is 1. The van der Waals surface area contributed by atoms with Crippen LogP contribution in [0.3, 0.4) is 0 Å². The minimum atomic E-state index is -0.568. The maximum Gasteiger partial charge on any atom is 0.251 e. The summed E-state index contributed by atoms with van der Waals surface area (Å²) in [7, 11) is 1.55. The first-order valence-electron chi connectivity index (χ1n) is 5.88. The van der Waals surface area contributed by atoms with Crippen LogP contribution in [-0.2, 0) is 11.3 Å². The van der Waals surface area contributed by atoms with E-state index < -0.39 is 17.3 Å². The quantitative estimate of drug-likeness (QED) is 0.923. The number of carbonyl (C=O) groups excluding carboxylic acids is 1. The maximum atomic E-state index is 13.0. The molecule has 0 radical (unpaired) electrons. The van der Waals surface area contributed by atoms with Gasteiger partial charge in [0.05, 0.1) is 7.11 Å². The number of nitrogens with one attached hydrogen (secondary N) is 1. The lowest BCUT2D eigenvalue weighted by Gasteiger charge is -2.08. The van der Waals surface area contributed by atoms with Crippen LogP contribution in [0.25, 0.3) is 0 Å². The molecule has 5 nitrogen and oxygen atoms in total. The molecular weight excluding hydrogens is 263 g/mol. The average molecular weight is 276 g/mol. The second-order valence-electron chi connectivity index (χ2n) is 4.09. The number of ether oxygens (including phenoxy) is 1. The second-order valence-corrected chi connectivity index (χ2v) is 4.09. The number of rotatable bonds is 4. The highest BCUT2D eigenvalue weighted by molar-refractivity contribution is 5.90. The van der Waals surface area contributed by atoms with E-state index in [1.54, 1.807) is 31.4 Å². The number of aromatic nitrogens is 1. The van der Waals surface area contributed by atoms with E-state index in [1.165, 1.54) is 0 Å². The van der Waals surface area contributed by atoms with Crippen molar-refractivity contribution in [1.29, 1.82) is 0 Å². The number of hydrogen-bond donors (Lipinski definition) is 1. The molecule has 20 heavy (non-hydrogen) atoms. The molecule has 1 amide bonds. The first kappa shape index (κ1) is 13.8. The normalized spacial score (nSPS) is 10.1. The van der Waals surface area contributed by atoms with Crippen LogP contribution in [0.15, 0.2) is 47.4 Å². The van der Waals surface area contributed by atoms with Crippen molar-refractivity contribution >= 4 is 11.6 Å². The molecule has 0 aliphatic rings. The molecule has 1 heterocycles. The van der Waals surface area contributed by atoms with Gasteiger partial charge in [0.15, 0.2) is 0 Å². The molecule has 1 aromatic carbocycles. The molecule has 6 heteroatoms. The highest BCUT2D eigenvalue weighted by atomic mass is 19.1. The predicted octanol–water partition coefficient (Wildman–Crippen LogP) is 1.63. The summed E-state index contributed by atoms with van der Waals surface area (Å²) in [5.74, 6) is -0.311. The maximum absolute atomic E-state index is 13.0. The van der Waals surface area contributed by atoms with Crippen molar-refractivity contribution in [2.75, 3.05) is 12.4 Å². The third kappa shape index (κ3) is 3.44. The third-order valence-electron chi connectivity index (χ3n) is 2.64. The largest absolute Gasteiger partial charge is 0.497 e. The highest BCUT2D eigenvalue weighted by Crippen LogP contribution is 2.14. The van der Waals surface area contributed by atoms with Gasteiger partial charge in [-0.05, 0) is 30.3 Å². The molecule has 0 unspecified atom stereocenters. The van der Waals surface area contributed by atoms with Crippen LogP contribution in [0.1, 0.15) is 0 Å². The molecule has 1 N–H and O–H groups in total. The number of anilines is 1. The molecule has 1 aromatic heterocycles. The molecule has 2 aromatic rings. The van der Waals surface area contributed by atoms with E-state index in [4.69, 9.17) is 4.74 Å². The summed E-state index contributed by atoms with van der Waals surface area (Å²) in [5.41, 5.74) is 0.136. The number of nitrogens with zero attached hydrogens (tertiary/aromatic N) is 1. The van der Waals surface area contributed by atoms with Crippen LogP contribution in [0.5, 0.6) is 5.75 Å². The summed E-state index contributed by atoms with van der Waals surface area (Å²) in [6.07, 6.45) is 0.996. The Morgan fingerprint density at radius 2 is 1.95 bits per heavy atom. The Bertz CT molecular complexity index is 665. The van der Waals surface area contributed by atoms with Gasteiger partial charge in [0, 0.05) is 18.0 Å². The van der Waals surface area contributed by atoms with Crippen LogP contribution in [0, 0.1) is 5.82 Å². The van der Waals surface area contributed by atoms with Gasteiger partial charge in [-0.3, -0.25) is 9.59 Å². The van der Waals surface area contributed by atoms with Crippen molar-refractivity contribution in [1.82, 2.24) is 4.57 Å². The zero-order chi connectivity index (χ0) is 14.5. The van der Waals surface area contributed by atoms with Gasteiger partial charge in [0.25, 0.3) is 5.56 Å². The Balaban J connectivity index is 2.04. The van der Waals surface area contributed by atoms with Gasteiger partial charge in [-0.25, -0.2) is 4.39 Å². The van der Waals surface area contributed by atoms with Crippen molar-refractivity contribution in [2.45, 2.75) is 6.54 Å². The lowest BCUT2D eigenvalue weighted by atomic mass is 10.3. The first-order chi connectivity index (χ1) is 9.58. The van der Waals surface area contributed by atoms with Crippen LogP contribution in [0.2, 0.25) is 0 Å². The zero-order valence-electron chi connectivity index (χ0n) is 10.8. The summed E-state index contributed by atoms with van der Waals surface area (Å²) in [6, 6.07) is 8.88. The second kappa shape index (κ2) is 6.01. The van der Waals surface area contributed by atoms with Gasteiger partial charge in [0.1, 0.15) is 18.1 Å². The standard InChI is InChI=1S/C14H13FN2O3/c1-20-12-5-3-11(4-6-12)16-13(18)9-17-8-10(15)2-7-14(17)19/h2-8H,9H2,1H3,(H,16,18). The van der Waals surface area contributed by atoms with E-state index >= 15 is 0 Å². The van der Waals surface area contributed by atoms with E-state index in [0.29, 0.717) is 11.4 Å². The summed E-state index contributed by atoms with van der Waals surface area (Å²) < 4.78 is 19.0. The van der Waals surface area contributed by atoms with Gasteiger partial charge in [-0.1, -0.05) is 0 Å². The van der Waals surface area contributed by atoms with E-state index in [2.05, 4.69) is 5.32 Å². The van der Waals surface area contributed by atoms with Crippen LogP contribution < -0.4 is 15.6 Å². The molecule has 0 saturated heterocycles. The molecule has 0 aliphatic carbocycles. The SMILES string of the molecule is COc1ccc(NC(=O)Cn2cc(F)ccc2=O)cc1. The number of hydrogen-bond acceptors (Lipinski definition) is 3. The Morgan fingerprint density at radius 1 is 1.25 bits per heavy atom. The van der Waals surface area contributed by atoms with Gasteiger partial charge in [-0.15, -0.1) is 0 Å². The van der Waals surface area contributed by atoms with Crippen LogP contribution in [0.4, 0.5) is 10.1 Å². The lowest BCUT2D eigenvalue weighted by Crippen LogP contribution is -2.27. The first-order valence-corrected chi connectivity index (χ1v) is 5.88. The number of carbonyl (C=O) groups is 1. The third-order valence-corrected chi connectivity index (χ3v) is 2.64. The van der Waals surface area contributed by atoms with E-state index in [1.807, 2.05) is 0 Å². The molecular formula is C14H13FN2O3. The summed E-state index contributed by atoms with van der Waals surface area (Å²) in [4.78, 5) is 23.2. The number of pyridine rings is 1. The number of amides is 1. The molecule has 2 rings (SSSR count). The van der Waals surface area contributed by atoms with E-state index in [-0.39, 0.29) is 6.54 Å². The predicted molar refractivity (Wildman–Crippen MR) is 72.3 cm³/mol. The smallest absolute Gasteiger partial charge is 0.251 e. The van der Waals surface area contributed by atoms with Gasteiger partial charge in [-0.2, -0.15) is 0 Å². The summed E-state index contributed by atoms with van der Waals surface area (Å²) in [5, 5.41) is 2.61. The number of benzene rings is 1. The Hall–Kier alpha value is -2.63. The van der Waals surface area contributed by atoms with Crippen molar-refractivity contribution in [2.24, 2.45) is 0 Å². The van der Waals surface area contributed by atoms with Crippen LogP contribution in [-0.4, -0.2) is 17.6 Å². The summed E-state index contributed by atoms with van der Waals surface area (Å²) >= 11 is 0. The Labute approximate surface area is 114 Å². The van der Waals surface area contributed by atoms with Crippen molar-refractivity contribution < 1.29 is 13.9 Å². The molecule has 0 aliphatic heterocycles. The van der Waals surface area contributed by atoms with Crippen LogP contribution >= 0.6 is 0 Å². The molecule has 0 atom stereocenters. The molecule has 0 fully saturated rings. The summed E-state index contributed by atoms with van der Waals surface area (Å²) in [6.45, 7) is -0.247. The highest BCUT2D eigenvalue weighted by Gasteiger charge is 2.06. The molecule has 0 saturated carbocycles.